The van der Waals surface area contributed by atoms with Crippen molar-refractivity contribution in [3.05, 3.63) is 0 Å². The van der Waals surface area contributed by atoms with Gasteiger partial charge in [-0.25, -0.2) is 0 Å². The summed E-state index contributed by atoms with van der Waals surface area (Å²) in [6.07, 6.45) is 0. The molecule has 0 bridgehead atoms. The molecule has 0 aliphatic heterocycles. The molecule has 0 spiro atoms. The molecular formula is CH6AlMgO. The molecule has 1 nitrogen and oxygen atoms in total. The van der Waals surface area contributed by atoms with E-state index < -0.39 is 0 Å². The summed E-state index contributed by atoms with van der Waals surface area (Å²) in [6, 6.07) is 0. The van der Waals surface area contributed by atoms with Gasteiger partial charge in [0.05, 0.1) is 0 Å². The Morgan fingerprint density at radius 2 is 1.00 bits per heavy atom. The van der Waals surface area contributed by atoms with Crippen molar-refractivity contribution in [2.45, 2.75) is 7.43 Å². The summed E-state index contributed by atoms with van der Waals surface area (Å²) in [7, 11) is 0. The van der Waals surface area contributed by atoms with Gasteiger partial charge in [-0.1, -0.05) is 7.43 Å². The van der Waals surface area contributed by atoms with Crippen molar-refractivity contribution in [2.75, 3.05) is 0 Å². The molecule has 0 fully saturated rings. The van der Waals surface area contributed by atoms with Crippen LogP contribution in [0.15, 0.2) is 0 Å². The van der Waals surface area contributed by atoms with Crippen molar-refractivity contribution in [1.82, 2.24) is 0 Å². The van der Waals surface area contributed by atoms with Crippen molar-refractivity contribution in [3.63, 3.8) is 0 Å². The number of hydrogen-bond donors (Lipinski definition) is 0. The number of hydrogen-bond acceptors (Lipinski definition) is 0. The minimum Gasteiger partial charge on any atom is -0.412 e. The maximum absolute atomic E-state index is 0. The van der Waals surface area contributed by atoms with Crippen LogP contribution in [-0.4, -0.2) is 45.9 Å². The molecule has 0 saturated heterocycles. The van der Waals surface area contributed by atoms with Gasteiger partial charge in [0, 0.05) is 40.4 Å². The minimum absolute atomic E-state index is 0. The molecule has 2 N–H and O–H groups in total. The highest BCUT2D eigenvalue weighted by Gasteiger charge is 0.00103. The van der Waals surface area contributed by atoms with Gasteiger partial charge < -0.3 is 5.48 Å². The van der Waals surface area contributed by atoms with E-state index in [1.807, 2.05) is 0 Å². The standard InChI is InChI=1S/CH4.Al.Mg.H2O/h1H4;;;1H2. The highest BCUT2D eigenvalue weighted by Crippen LogP contribution is 0.144. The lowest BCUT2D eigenvalue weighted by Gasteiger charge is -0.412. The van der Waals surface area contributed by atoms with E-state index >= 15 is 0 Å². The molecule has 0 heterocycles. The first-order valence-electron chi connectivity index (χ1n) is 0. The van der Waals surface area contributed by atoms with Crippen LogP contribution in [0.1, 0.15) is 7.43 Å². The van der Waals surface area contributed by atoms with Gasteiger partial charge >= 0.3 is 0 Å². The van der Waals surface area contributed by atoms with Gasteiger partial charge in [0.2, 0.25) is 0 Å². The van der Waals surface area contributed by atoms with E-state index in [4.69, 9.17) is 0 Å². The van der Waals surface area contributed by atoms with E-state index in [1.165, 1.54) is 0 Å². The lowest BCUT2D eigenvalue weighted by atomic mass is 12.0. The first kappa shape index (κ1) is 60.2. The molecule has 0 atom stereocenters. The van der Waals surface area contributed by atoms with E-state index in [1.54, 1.807) is 0 Å². The summed E-state index contributed by atoms with van der Waals surface area (Å²) in [6.45, 7) is 0. The van der Waals surface area contributed by atoms with E-state index in [0.717, 1.165) is 0 Å². The van der Waals surface area contributed by atoms with Crippen LogP contribution in [0.25, 0.3) is 0 Å². The SMILES string of the molecule is C.O.[Al].[Mg]. The Kier molecular flexibility index (Phi) is 430. The third-order valence-electron chi connectivity index (χ3n) is 0. The molecule has 0 rings (SSSR count). The van der Waals surface area contributed by atoms with E-state index in [9.17, 15) is 0 Å². The topological polar surface area (TPSA) is 31.5 Å². The van der Waals surface area contributed by atoms with Crippen LogP contribution in [0.3, 0.4) is 0 Å². The normalized spacial score (nSPS) is 0. The highest BCUT2D eigenvalue weighted by atomic mass is 27.0. The van der Waals surface area contributed by atoms with Crippen molar-refractivity contribution in [2.24, 2.45) is 0 Å². The Balaban J connectivity index is 0. The fourth-order valence-corrected chi connectivity index (χ4v) is 0. The first-order valence-corrected chi connectivity index (χ1v) is 0. The zero-order valence-electron chi connectivity index (χ0n) is 1.78. The smallest absolute Gasteiger partial charge is 0 e. The maximum Gasteiger partial charge on any atom is 0 e. The second-order valence-corrected chi connectivity index (χ2v) is 0. The Morgan fingerprint density at radius 3 is 1.00 bits per heavy atom. The molecule has 0 aromatic carbocycles. The maximum atomic E-state index is 0. The predicted molar refractivity (Wildman–Crippen MR) is 21.9 cm³/mol. The van der Waals surface area contributed by atoms with Gasteiger partial charge in [-0.3, -0.25) is 0 Å². The predicted octanol–water partition coefficient (Wildman–Crippen LogP) is -0.950. The third kappa shape index (κ3) is 10.5. The van der Waals surface area contributed by atoms with Gasteiger partial charge in [0.1, 0.15) is 0 Å². The first-order chi connectivity index (χ1) is 0. The Morgan fingerprint density at radius 1 is 1.00 bits per heavy atom. The monoisotopic (exact) mass is 85.0 g/mol. The zero-order chi connectivity index (χ0) is 0. The molecule has 0 aromatic rings. The van der Waals surface area contributed by atoms with E-state index in [2.05, 4.69) is 0 Å². The quantitative estimate of drug-likeness (QED) is 0.340. The van der Waals surface area contributed by atoms with Crippen LogP contribution in [0, 0.1) is 0 Å². The fourth-order valence-electron chi connectivity index (χ4n) is 0. The average Bonchev–Trinajstić information content (AvgIpc) is 0. The highest BCUT2D eigenvalue weighted by molar-refractivity contribution is 5.76. The average molecular weight is 85.3 g/mol. The molecular weight excluding hydrogens is 79.3 g/mol. The molecule has 0 aliphatic carbocycles. The summed E-state index contributed by atoms with van der Waals surface area (Å²) < 4.78 is 0. The van der Waals surface area contributed by atoms with Gasteiger partial charge in [-0.15, -0.1) is 0 Å². The molecule has 0 aliphatic rings. The largest absolute Gasteiger partial charge is 0.412 e. The molecule has 4 heavy (non-hydrogen) atoms. The molecule has 0 aromatic heterocycles. The van der Waals surface area contributed by atoms with E-state index in [-0.39, 0.29) is 53.3 Å². The fraction of sp³-hybridized carbons (Fsp3) is 1.00. The Labute approximate surface area is 53.4 Å². The van der Waals surface area contributed by atoms with Gasteiger partial charge in [0.25, 0.3) is 0 Å². The van der Waals surface area contributed by atoms with Crippen LogP contribution in [0.5, 0.6) is 0 Å². The Hall–Kier alpha value is 1.26. The minimum atomic E-state index is 0. The van der Waals surface area contributed by atoms with Crippen molar-refractivity contribution in [1.29, 1.82) is 0 Å². The van der Waals surface area contributed by atoms with Crippen LogP contribution >= 0.6 is 0 Å². The molecule has 0 saturated carbocycles. The molecule has 5 radical (unpaired) electrons. The molecule has 0 amide bonds. The molecule has 0 unspecified atom stereocenters. The summed E-state index contributed by atoms with van der Waals surface area (Å²) in [5.74, 6) is 0. The Bertz CT molecular complexity index is 8.00. The van der Waals surface area contributed by atoms with Crippen molar-refractivity contribution in [3.8, 4) is 0 Å². The van der Waals surface area contributed by atoms with Gasteiger partial charge in [-0.05, 0) is 0 Å². The summed E-state index contributed by atoms with van der Waals surface area (Å²) in [4.78, 5) is 0. The van der Waals surface area contributed by atoms with Crippen LogP contribution in [0.2, 0.25) is 0 Å². The van der Waals surface area contributed by atoms with Crippen LogP contribution in [0.4, 0.5) is 0 Å². The second kappa shape index (κ2) is 28.5. The summed E-state index contributed by atoms with van der Waals surface area (Å²) >= 11 is 0. The third-order valence-corrected chi connectivity index (χ3v) is 0. The van der Waals surface area contributed by atoms with Gasteiger partial charge in [0.15, 0.2) is 0 Å². The lowest BCUT2D eigenvalue weighted by Crippen LogP contribution is -0.382. The zero-order valence-corrected chi connectivity index (χ0v) is 4.35. The second-order valence-electron chi connectivity index (χ2n) is 0. The van der Waals surface area contributed by atoms with Crippen LogP contribution in [-0.2, 0) is 0 Å². The van der Waals surface area contributed by atoms with Crippen molar-refractivity contribution >= 4 is 40.4 Å². The van der Waals surface area contributed by atoms with E-state index in [0.29, 0.717) is 0 Å². The summed E-state index contributed by atoms with van der Waals surface area (Å²) in [5, 5.41) is 0. The molecule has 21 valence electrons. The lowest BCUT2D eigenvalue weighted by molar-refractivity contribution is 0.824. The van der Waals surface area contributed by atoms with Crippen LogP contribution < -0.4 is 0 Å². The van der Waals surface area contributed by atoms with Gasteiger partial charge in [-0.2, -0.15) is 0 Å². The number of rotatable bonds is 0. The molecule has 3 heteroatoms. The van der Waals surface area contributed by atoms with Crippen molar-refractivity contribution < 1.29 is 5.48 Å². The summed E-state index contributed by atoms with van der Waals surface area (Å²) in [5.41, 5.74) is 0.